The summed E-state index contributed by atoms with van der Waals surface area (Å²) in [6.07, 6.45) is 0. The topological polar surface area (TPSA) is 58.4 Å². The highest BCUT2D eigenvalue weighted by atomic mass is 79.9. The van der Waals surface area contributed by atoms with Crippen molar-refractivity contribution in [1.82, 2.24) is 10.2 Å². The summed E-state index contributed by atoms with van der Waals surface area (Å²) >= 11 is 2.89. The summed E-state index contributed by atoms with van der Waals surface area (Å²) < 4.78 is -0.00231. The molecule has 0 radical (unpaired) electrons. The van der Waals surface area contributed by atoms with E-state index in [-0.39, 0.29) is 4.61 Å². The third-order valence-electron chi connectivity index (χ3n) is 1.48. The van der Waals surface area contributed by atoms with Crippen LogP contribution in [-0.2, 0) is 0 Å². The number of likely N-dealkylation sites (N-methyl/N-ethyl adjacent to an activating group) is 1. The molecule has 1 rings (SSSR count). The summed E-state index contributed by atoms with van der Waals surface area (Å²) in [5, 5.41) is 13.2. The van der Waals surface area contributed by atoms with Crippen LogP contribution >= 0.6 is 15.9 Å². The number of halogens is 1. The van der Waals surface area contributed by atoms with Crippen molar-refractivity contribution in [3.63, 3.8) is 0 Å². The SMILES string of the molecule is CN1CCNC1=C(Br)[N+](=O)[O-]. The number of nitrogens with one attached hydrogen (secondary N) is 1. The molecule has 0 atom stereocenters. The molecule has 6 heteroatoms. The fraction of sp³-hybridized carbons (Fsp3) is 0.600. The largest absolute Gasteiger partial charge is 0.364 e. The van der Waals surface area contributed by atoms with E-state index < -0.39 is 4.92 Å². The van der Waals surface area contributed by atoms with Gasteiger partial charge in [-0.1, -0.05) is 0 Å². The molecule has 62 valence electrons. The number of nitrogens with zero attached hydrogens (tertiary/aromatic N) is 2. The van der Waals surface area contributed by atoms with Crippen molar-refractivity contribution in [3.8, 4) is 0 Å². The lowest BCUT2D eigenvalue weighted by molar-refractivity contribution is -0.411. The van der Waals surface area contributed by atoms with Crippen molar-refractivity contribution in [1.29, 1.82) is 0 Å². The molecule has 0 saturated carbocycles. The van der Waals surface area contributed by atoms with E-state index in [1.807, 2.05) is 0 Å². The number of nitro groups is 1. The van der Waals surface area contributed by atoms with Crippen LogP contribution in [0.5, 0.6) is 0 Å². The Morgan fingerprint density at radius 2 is 2.55 bits per heavy atom. The normalized spacial score (nSPS) is 21.5. The molecular weight excluding hydrogens is 214 g/mol. The minimum absolute atomic E-state index is 0.00231. The molecule has 0 aromatic carbocycles. The lowest BCUT2D eigenvalue weighted by atomic mass is 10.6. The van der Waals surface area contributed by atoms with Crippen LogP contribution in [0.3, 0.4) is 0 Å². The van der Waals surface area contributed by atoms with Crippen LogP contribution in [0.15, 0.2) is 10.4 Å². The summed E-state index contributed by atoms with van der Waals surface area (Å²) in [5.74, 6) is 0.551. The van der Waals surface area contributed by atoms with E-state index in [9.17, 15) is 10.1 Å². The molecule has 1 saturated heterocycles. The summed E-state index contributed by atoms with van der Waals surface area (Å²) in [4.78, 5) is 11.6. The standard InChI is InChI=1S/C5H8BrN3O2/c1-8-3-2-7-5(8)4(6)9(10)11/h7H,2-3H2,1H3. The number of hydrogen-bond donors (Lipinski definition) is 1. The third-order valence-corrected chi connectivity index (χ3v) is 2.14. The van der Waals surface area contributed by atoms with Crippen molar-refractivity contribution in [2.45, 2.75) is 0 Å². The molecule has 1 fully saturated rings. The van der Waals surface area contributed by atoms with Crippen LogP contribution in [-0.4, -0.2) is 30.0 Å². The van der Waals surface area contributed by atoms with E-state index in [0.29, 0.717) is 5.82 Å². The lowest BCUT2D eigenvalue weighted by Gasteiger charge is -2.08. The van der Waals surface area contributed by atoms with Crippen LogP contribution in [0.25, 0.3) is 0 Å². The Balaban J connectivity index is 2.85. The first-order valence-corrected chi connectivity index (χ1v) is 3.91. The highest BCUT2D eigenvalue weighted by molar-refractivity contribution is 9.11. The van der Waals surface area contributed by atoms with Crippen molar-refractivity contribution >= 4 is 15.9 Å². The van der Waals surface area contributed by atoms with Crippen molar-refractivity contribution < 1.29 is 4.92 Å². The Hall–Kier alpha value is -0.780. The van der Waals surface area contributed by atoms with Gasteiger partial charge in [0, 0.05) is 36.1 Å². The van der Waals surface area contributed by atoms with Crippen LogP contribution in [0, 0.1) is 10.1 Å². The molecule has 1 aliphatic rings. The molecule has 0 spiro atoms. The van der Waals surface area contributed by atoms with E-state index in [1.165, 1.54) is 0 Å². The third kappa shape index (κ3) is 1.62. The molecule has 0 aromatic heterocycles. The molecule has 0 bridgehead atoms. The second-order valence-corrected chi connectivity index (χ2v) is 3.00. The number of hydrogen-bond acceptors (Lipinski definition) is 4. The van der Waals surface area contributed by atoms with E-state index >= 15 is 0 Å². The van der Waals surface area contributed by atoms with Gasteiger partial charge in [-0.3, -0.25) is 10.1 Å². The van der Waals surface area contributed by atoms with Crippen molar-refractivity contribution in [2.75, 3.05) is 20.1 Å². The molecule has 0 aliphatic carbocycles. The monoisotopic (exact) mass is 221 g/mol. The highest BCUT2D eigenvalue weighted by Crippen LogP contribution is 2.15. The maximum Gasteiger partial charge on any atom is 0.350 e. The Morgan fingerprint density at radius 3 is 2.91 bits per heavy atom. The molecule has 0 aromatic rings. The smallest absolute Gasteiger partial charge is 0.350 e. The summed E-state index contributed by atoms with van der Waals surface area (Å²) in [6.45, 7) is 1.56. The predicted octanol–water partition coefficient (Wildman–Crippen LogP) is 0.320. The van der Waals surface area contributed by atoms with E-state index in [1.54, 1.807) is 11.9 Å². The second kappa shape index (κ2) is 3.08. The quantitative estimate of drug-likeness (QED) is 0.394. The first-order chi connectivity index (χ1) is 5.13. The number of rotatable bonds is 1. The molecule has 0 unspecified atom stereocenters. The van der Waals surface area contributed by atoms with Gasteiger partial charge < -0.3 is 10.2 Å². The fourth-order valence-corrected chi connectivity index (χ4v) is 1.35. The summed E-state index contributed by atoms with van der Waals surface area (Å²) in [7, 11) is 1.81. The molecule has 11 heavy (non-hydrogen) atoms. The minimum atomic E-state index is -0.454. The zero-order valence-electron chi connectivity index (χ0n) is 6.00. The minimum Gasteiger partial charge on any atom is -0.364 e. The molecule has 1 N–H and O–H groups in total. The van der Waals surface area contributed by atoms with E-state index in [0.717, 1.165) is 13.1 Å². The first kappa shape index (κ1) is 8.32. The highest BCUT2D eigenvalue weighted by Gasteiger charge is 2.22. The summed E-state index contributed by atoms with van der Waals surface area (Å²) in [6, 6.07) is 0. The van der Waals surface area contributed by atoms with Gasteiger partial charge in [0.05, 0.1) is 4.92 Å². The van der Waals surface area contributed by atoms with Gasteiger partial charge in [0.2, 0.25) is 0 Å². The predicted molar refractivity (Wildman–Crippen MR) is 43.6 cm³/mol. The molecule has 1 heterocycles. The van der Waals surface area contributed by atoms with Crippen LogP contribution in [0.1, 0.15) is 0 Å². The van der Waals surface area contributed by atoms with Gasteiger partial charge in [0.25, 0.3) is 0 Å². The Kier molecular flexibility index (Phi) is 2.33. The van der Waals surface area contributed by atoms with E-state index in [4.69, 9.17) is 0 Å². The molecule has 5 nitrogen and oxygen atoms in total. The molecule has 0 amide bonds. The molecule has 1 aliphatic heterocycles. The van der Waals surface area contributed by atoms with Crippen LogP contribution in [0.2, 0.25) is 0 Å². The van der Waals surface area contributed by atoms with Crippen molar-refractivity contribution in [3.05, 3.63) is 20.5 Å². The Labute approximate surface area is 72.3 Å². The summed E-state index contributed by atoms with van der Waals surface area (Å²) in [5.41, 5.74) is 0. The Morgan fingerprint density at radius 1 is 1.91 bits per heavy atom. The maximum absolute atomic E-state index is 10.3. The fourth-order valence-electron chi connectivity index (χ4n) is 0.906. The van der Waals surface area contributed by atoms with Gasteiger partial charge in [-0.05, 0) is 0 Å². The Bertz CT molecular complexity index is 216. The van der Waals surface area contributed by atoms with Crippen LogP contribution < -0.4 is 5.32 Å². The van der Waals surface area contributed by atoms with Crippen LogP contribution in [0.4, 0.5) is 0 Å². The lowest BCUT2D eigenvalue weighted by Crippen LogP contribution is -2.17. The zero-order chi connectivity index (χ0) is 8.43. The van der Waals surface area contributed by atoms with Gasteiger partial charge in [0.1, 0.15) is 0 Å². The second-order valence-electron chi connectivity index (χ2n) is 2.24. The average Bonchev–Trinajstić information content (AvgIpc) is 2.33. The first-order valence-electron chi connectivity index (χ1n) is 3.12. The van der Waals surface area contributed by atoms with Gasteiger partial charge in [-0.2, -0.15) is 0 Å². The van der Waals surface area contributed by atoms with Crippen molar-refractivity contribution in [2.24, 2.45) is 0 Å². The average molecular weight is 222 g/mol. The maximum atomic E-state index is 10.3. The van der Waals surface area contributed by atoms with Gasteiger partial charge in [-0.15, -0.1) is 0 Å². The van der Waals surface area contributed by atoms with E-state index in [2.05, 4.69) is 21.2 Å². The zero-order valence-corrected chi connectivity index (χ0v) is 7.59. The van der Waals surface area contributed by atoms with Gasteiger partial charge in [0.15, 0.2) is 5.82 Å². The molecular formula is C5H8BrN3O2. The van der Waals surface area contributed by atoms with Gasteiger partial charge in [-0.25, -0.2) is 0 Å². The van der Waals surface area contributed by atoms with Gasteiger partial charge >= 0.3 is 4.61 Å².